The molecule has 1 heteroatoms. The van der Waals surface area contributed by atoms with Gasteiger partial charge in [-0.05, 0) is 18.8 Å². The SMILES string of the molecule is CC=NC=CC(C)(C)CC. The van der Waals surface area contributed by atoms with E-state index in [1.807, 2.05) is 13.1 Å². The molecule has 0 saturated carbocycles. The Bertz CT molecular complexity index is 132. The molecule has 0 aliphatic rings. The average molecular weight is 139 g/mol. The molecule has 0 atom stereocenters. The van der Waals surface area contributed by atoms with E-state index in [2.05, 4.69) is 31.8 Å². The lowest BCUT2D eigenvalue weighted by Crippen LogP contribution is -2.03. The maximum absolute atomic E-state index is 4.00. The summed E-state index contributed by atoms with van der Waals surface area (Å²) in [5, 5.41) is 0. The quantitative estimate of drug-likeness (QED) is 0.533. The van der Waals surface area contributed by atoms with E-state index < -0.39 is 0 Å². The van der Waals surface area contributed by atoms with Crippen molar-refractivity contribution in [1.29, 1.82) is 0 Å². The molecule has 0 aromatic heterocycles. The lowest BCUT2D eigenvalue weighted by atomic mass is 9.91. The summed E-state index contributed by atoms with van der Waals surface area (Å²) in [5.74, 6) is 0. The van der Waals surface area contributed by atoms with Crippen molar-refractivity contribution in [1.82, 2.24) is 0 Å². The molecule has 10 heavy (non-hydrogen) atoms. The van der Waals surface area contributed by atoms with E-state index in [-0.39, 0.29) is 0 Å². The smallest absolute Gasteiger partial charge is 0.0229 e. The van der Waals surface area contributed by atoms with Crippen LogP contribution in [0.4, 0.5) is 0 Å². The van der Waals surface area contributed by atoms with E-state index in [0.29, 0.717) is 5.41 Å². The second-order valence-electron chi connectivity index (χ2n) is 3.07. The Morgan fingerprint density at radius 1 is 1.40 bits per heavy atom. The second-order valence-corrected chi connectivity index (χ2v) is 3.07. The van der Waals surface area contributed by atoms with Gasteiger partial charge in [-0.1, -0.05) is 26.8 Å². The van der Waals surface area contributed by atoms with Crippen LogP contribution >= 0.6 is 0 Å². The fourth-order valence-corrected chi connectivity index (χ4v) is 0.449. The molecule has 0 aromatic rings. The molecule has 0 unspecified atom stereocenters. The maximum Gasteiger partial charge on any atom is 0.0229 e. The van der Waals surface area contributed by atoms with Crippen molar-refractivity contribution in [3.8, 4) is 0 Å². The van der Waals surface area contributed by atoms with Gasteiger partial charge < -0.3 is 0 Å². The molecule has 0 amide bonds. The van der Waals surface area contributed by atoms with Gasteiger partial charge in [-0.25, -0.2) is 0 Å². The summed E-state index contributed by atoms with van der Waals surface area (Å²) in [6.45, 7) is 8.51. The number of hydrogen-bond acceptors (Lipinski definition) is 1. The highest BCUT2D eigenvalue weighted by molar-refractivity contribution is 5.54. The van der Waals surface area contributed by atoms with Crippen LogP contribution in [0.5, 0.6) is 0 Å². The molecule has 0 saturated heterocycles. The Balaban J connectivity index is 3.86. The molecule has 0 aliphatic heterocycles. The van der Waals surface area contributed by atoms with Crippen molar-refractivity contribution >= 4 is 6.21 Å². The van der Waals surface area contributed by atoms with Crippen LogP contribution in [0, 0.1) is 5.41 Å². The molecule has 0 rings (SSSR count). The number of rotatable bonds is 3. The van der Waals surface area contributed by atoms with E-state index in [1.54, 1.807) is 6.21 Å². The third kappa shape index (κ3) is 4.30. The van der Waals surface area contributed by atoms with Crippen LogP contribution < -0.4 is 0 Å². The number of allylic oxidation sites excluding steroid dienone is 1. The topological polar surface area (TPSA) is 12.4 Å². The molecule has 0 heterocycles. The molecule has 58 valence electrons. The summed E-state index contributed by atoms with van der Waals surface area (Å²) in [6, 6.07) is 0. The number of nitrogens with zero attached hydrogens (tertiary/aromatic N) is 1. The predicted molar refractivity (Wildman–Crippen MR) is 47.4 cm³/mol. The molecule has 0 aromatic carbocycles. The van der Waals surface area contributed by atoms with Crippen molar-refractivity contribution in [2.45, 2.75) is 34.1 Å². The van der Waals surface area contributed by atoms with Crippen LogP contribution in [-0.2, 0) is 0 Å². The zero-order valence-electron chi connectivity index (χ0n) is 7.39. The summed E-state index contributed by atoms with van der Waals surface area (Å²) in [6.07, 6.45) is 6.95. The summed E-state index contributed by atoms with van der Waals surface area (Å²) < 4.78 is 0. The van der Waals surface area contributed by atoms with Gasteiger partial charge in [0, 0.05) is 12.4 Å². The van der Waals surface area contributed by atoms with Gasteiger partial charge in [-0.3, -0.25) is 4.99 Å². The molecular weight excluding hydrogens is 122 g/mol. The van der Waals surface area contributed by atoms with Gasteiger partial charge in [0.25, 0.3) is 0 Å². The minimum absolute atomic E-state index is 0.298. The fourth-order valence-electron chi connectivity index (χ4n) is 0.449. The molecule has 0 fully saturated rings. The van der Waals surface area contributed by atoms with Gasteiger partial charge in [-0.15, -0.1) is 0 Å². The Morgan fingerprint density at radius 3 is 2.40 bits per heavy atom. The molecule has 0 aliphatic carbocycles. The fraction of sp³-hybridized carbons (Fsp3) is 0.667. The highest BCUT2D eigenvalue weighted by Gasteiger charge is 2.08. The largest absolute Gasteiger partial charge is 0.270 e. The minimum Gasteiger partial charge on any atom is -0.270 e. The van der Waals surface area contributed by atoms with E-state index in [0.717, 1.165) is 6.42 Å². The van der Waals surface area contributed by atoms with Crippen LogP contribution in [-0.4, -0.2) is 6.21 Å². The van der Waals surface area contributed by atoms with Crippen LogP contribution in [0.15, 0.2) is 17.3 Å². The monoisotopic (exact) mass is 139 g/mol. The lowest BCUT2D eigenvalue weighted by molar-refractivity contribution is 0.461. The molecule has 1 nitrogen and oxygen atoms in total. The first-order valence-electron chi connectivity index (χ1n) is 3.78. The standard InChI is InChI=1S/C9H17N/c1-5-9(3,4)7-8-10-6-2/h6-8H,5H2,1-4H3. The van der Waals surface area contributed by atoms with E-state index in [9.17, 15) is 0 Å². The van der Waals surface area contributed by atoms with Gasteiger partial charge in [0.15, 0.2) is 0 Å². The van der Waals surface area contributed by atoms with Crippen molar-refractivity contribution in [2.75, 3.05) is 0 Å². The maximum atomic E-state index is 4.00. The van der Waals surface area contributed by atoms with Crippen molar-refractivity contribution in [3.05, 3.63) is 12.3 Å². The normalized spacial score (nSPS) is 13.6. The van der Waals surface area contributed by atoms with E-state index in [4.69, 9.17) is 0 Å². The van der Waals surface area contributed by atoms with Crippen LogP contribution in [0.1, 0.15) is 34.1 Å². The molecule has 0 radical (unpaired) electrons. The first-order chi connectivity index (χ1) is 4.62. The van der Waals surface area contributed by atoms with Gasteiger partial charge >= 0.3 is 0 Å². The summed E-state index contributed by atoms with van der Waals surface area (Å²) in [4.78, 5) is 4.00. The van der Waals surface area contributed by atoms with Crippen LogP contribution in [0.25, 0.3) is 0 Å². The summed E-state index contributed by atoms with van der Waals surface area (Å²) in [7, 11) is 0. The van der Waals surface area contributed by atoms with Gasteiger partial charge in [-0.2, -0.15) is 0 Å². The Kier molecular flexibility index (Phi) is 4.01. The molecule has 0 spiro atoms. The highest BCUT2D eigenvalue weighted by Crippen LogP contribution is 2.20. The number of hydrogen-bond donors (Lipinski definition) is 0. The predicted octanol–water partition coefficient (Wildman–Crippen LogP) is 3.03. The lowest BCUT2D eigenvalue weighted by Gasteiger charge is -2.15. The Hall–Kier alpha value is -0.590. The Morgan fingerprint density at radius 2 is 2.00 bits per heavy atom. The van der Waals surface area contributed by atoms with Crippen LogP contribution in [0.2, 0.25) is 0 Å². The second kappa shape index (κ2) is 4.26. The minimum atomic E-state index is 0.298. The third-order valence-electron chi connectivity index (χ3n) is 1.67. The van der Waals surface area contributed by atoms with Crippen molar-refractivity contribution < 1.29 is 0 Å². The van der Waals surface area contributed by atoms with Gasteiger partial charge in [0.2, 0.25) is 0 Å². The molecular formula is C9H17N. The van der Waals surface area contributed by atoms with Gasteiger partial charge in [0.05, 0.1) is 0 Å². The Labute approximate surface area is 63.9 Å². The first-order valence-corrected chi connectivity index (χ1v) is 3.78. The van der Waals surface area contributed by atoms with E-state index >= 15 is 0 Å². The number of aliphatic imine (C=N–C) groups is 1. The molecule has 0 bridgehead atoms. The third-order valence-corrected chi connectivity index (χ3v) is 1.67. The zero-order chi connectivity index (χ0) is 8.04. The zero-order valence-corrected chi connectivity index (χ0v) is 7.39. The molecule has 0 N–H and O–H groups in total. The highest BCUT2D eigenvalue weighted by atomic mass is 14.7. The summed E-state index contributed by atoms with van der Waals surface area (Å²) in [5.41, 5.74) is 0.298. The first kappa shape index (κ1) is 9.41. The van der Waals surface area contributed by atoms with Gasteiger partial charge in [0.1, 0.15) is 0 Å². The van der Waals surface area contributed by atoms with Crippen molar-refractivity contribution in [2.24, 2.45) is 10.4 Å². The summed E-state index contributed by atoms with van der Waals surface area (Å²) >= 11 is 0. The van der Waals surface area contributed by atoms with Crippen LogP contribution in [0.3, 0.4) is 0 Å². The average Bonchev–Trinajstić information content (AvgIpc) is 1.89. The van der Waals surface area contributed by atoms with E-state index in [1.165, 1.54) is 0 Å². The van der Waals surface area contributed by atoms with Crippen molar-refractivity contribution in [3.63, 3.8) is 0 Å².